The number of hydrogen-bond donors (Lipinski definition) is 2. The maximum atomic E-state index is 5.53. The van der Waals surface area contributed by atoms with Crippen molar-refractivity contribution in [3.8, 4) is 0 Å². The van der Waals surface area contributed by atoms with E-state index in [9.17, 15) is 0 Å². The maximum Gasteiger partial charge on any atom is 0.0494 e. The van der Waals surface area contributed by atoms with Crippen molar-refractivity contribution in [3.63, 3.8) is 0 Å². The van der Waals surface area contributed by atoms with E-state index in [0.717, 1.165) is 8.95 Å². The molecule has 0 aromatic heterocycles. The molecule has 0 aliphatic carbocycles. The summed E-state index contributed by atoms with van der Waals surface area (Å²) < 4.78 is 2.14. The Labute approximate surface area is 101 Å². The molecule has 78 valence electrons. The SMILES string of the molecule is CC(C)C(NN)c1ccc(Br)cc1Br. The first kappa shape index (κ1) is 12.2. The Morgan fingerprint density at radius 3 is 2.36 bits per heavy atom. The van der Waals surface area contributed by atoms with Crippen LogP contribution in [0.3, 0.4) is 0 Å². The van der Waals surface area contributed by atoms with Gasteiger partial charge in [0, 0.05) is 15.0 Å². The zero-order valence-corrected chi connectivity index (χ0v) is 11.4. The molecule has 14 heavy (non-hydrogen) atoms. The molecular formula is C10H14Br2N2. The normalized spacial score (nSPS) is 13.3. The van der Waals surface area contributed by atoms with E-state index in [1.807, 2.05) is 12.1 Å². The van der Waals surface area contributed by atoms with Gasteiger partial charge in [0.25, 0.3) is 0 Å². The third kappa shape index (κ3) is 2.79. The summed E-state index contributed by atoms with van der Waals surface area (Å²) in [5, 5.41) is 0. The minimum atomic E-state index is 0.178. The number of hydrogen-bond acceptors (Lipinski definition) is 2. The highest BCUT2D eigenvalue weighted by molar-refractivity contribution is 9.11. The Morgan fingerprint density at radius 1 is 1.29 bits per heavy atom. The lowest BCUT2D eigenvalue weighted by atomic mass is 9.97. The fraction of sp³-hybridized carbons (Fsp3) is 0.400. The van der Waals surface area contributed by atoms with Crippen LogP contribution in [-0.2, 0) is 0 Å². The molecular weight excluding hydrogens is 308 g/mol. The smallest absolute Gasteiger partial charge is 0.0494 e. The quantitative estimate of drug-likeness (QED) is 0.661. The molecule has 4 heteroatoms. The third-order valence-corrected chi connectivity index (χ3v) is 3.32. The minimum Gasteiger partial charge on any atom is -0.271 e. The Hall–Kier alpha value is 0.1000. The first-order valence-electron chi connectivity index (χ1n) is 4.47. The van der Waals surface area contributed by atoms with E-state index in [4.69, 9.17) is 5.84 Å². The maximum absolute atomic E-state index is 5.53. The summed E-state index contributed by atoms with van der Waals surface area (Å²) in [4.78, 5) is 0. The van der Waals surface area contributed by atoms with Crippen LogP contribution in [0.1, 0.15) is 25.5 Å². The van der Waals surface area contributed by atoms with Crippen molar-refractivity contribution < 1.29 is 0 Å². The zero-order chi connectivity index (χ0) is 10.7. The summed E-state index contributed by atoms with van der Waals surface area (Å²) in [7, 11) is 0. The van der Waals surface area contributed by atoms with Crippen LogP contribution in [0.4, 0.5) is 0 Å². The van der Waals surface area contributed by atoms with Gasteiger partial charge >= 0.3 is 0 Å². The molecule has 0 saturated heterocycles. The summed E-state index contributed by atoms with van der Waals surface area (Å²) in [6, 6.07) is 6.30. The molecule has 0 aliphatic heterocycles. The van der Waals surface area contributed by atoms with Crippen LogP contribution in [0.5, 0.6) is 0 Å². The van der Waals surface area contributed by atoms with Gasteiger partial charge in [-0.15, -0.1) is 0 Å². The molecule has 0 fully saturated rings. The van der Waals surface area contributed by atoms with E-state index in [1.54, 1.807) is 0 Å². The molecule has 1 rings (SSSR count). The van der Waals surface area contributed by atoms with Crippen LogP contribution in [0, 0.1) is 5.92 Å². The Kier molecular flexibility index (Phi) is 4.57. The fourth-order valence-corrected chi connectivity index (χ4v) is 2.69. The summed E-state index contributed by atoms with van der Waals surface area (Å²) in [5.41, 5.74) is 4.02. The summed E-state index contributed by atoms with van der Waals surface area (Å²) >= 11 is 6.95. The van der Waals surface area contributed by atoms with E-state index >= 15 is 0 Å². The molecule has 0 aliphatic rings. The van der Waals surface area contributed by atoms with E-state index in [0.29, 0.717) is 5.92 Å². The fourth-order valence-electron chi connectivity index (χ4n) is 1.40. The van der Waals surface area contributed by atoms with Gasteiger partial charge < -0.3 is 0 Å². The molecule has 0 heterocycles. The second kappa shape index (κ2) is 5.26. The van der Waals surface area contributed by atoms with Gasteiger partial charge in [0.05, 0.1) is 0 Å². The Bertz CT molecular complexity index is 313. The number of halogens is 2. The summed E-state index contributed by atoms with van der Waals surface area (Å²) in [5.74, 6) is 5.99. The van der Waals surface area contributed by atoms with Crippen molar-refractivity contribution in [2.24, 2.45) is 11.8 Å². The van der Waals surface area contributed by atoms with Crippen molar-refractivity contribution in [2.45, 2.75) is 19.9 Å². The average Bonchev–Trinajstić information content (AvgIpc) is 2.09. The first-order chi connectivity index (χ1) is 6.56. The molecule has 0 saturated carbocycles. The third-order valence-electron chi connectivity index (χ3n) is 2.14. The van der Waals surface area contributed by atoms with Gasteiger partial charge in [-0.1, -0.05) is 51.8 Å². The van der Waals surface area contributed by atoms with Gasteiger partial charge in [-0.2, -0.15) is 0 Å². The van der Waals surface area contributed by atoms with Crippen LogP contribution >= 0.6 is 31.9 Å². The Balaban J connectivity index is 3.04. The minimum absolute atomic E-state index is 0.178. The van der Waals surface area contributed by atoms with Gasteiger partial charge in [0.15, 0.2) is 0 Å². The monoisotopic (exact) mass is 320 g/mol. The van der Waals surface area contributed by atoms with Gasteiger partial charge in [0.1, 0.15) is 0 Å². The van der Waals surface area contributed by atoms with Gasteiger partial charge in [-0.05, 0) is 23.6 Å². The Morgan fingerprint density at radius 2 is 1.93 bits per heavy atom. The number of benzene rings is 1. The highest BCUT2D eigenvalue weighted by atomic mass is 79.9. The molecule has 2 nitrogen and oxygen atoms in total. The van der Waals surface area contributed by atoms with Crippen molar-refractivity contribution in [3.05, 3.63) is 32.7 Å². The molecule has 0 amide bonds. The predicted octanol–water partition coefficient (Wildman–Crippen LogP) is 3.37. The molecule has 1 aromatic rings. The van der Waals surface area contributed by atoms with Crippen molar-refractivity contribution >= 4 is 31.9 Å². The van der Waals surface area contributed by atoms with Crippen molar-refractivity contribution in [1.29, 1.82) is 0 Å². The van der Waals surface area contributed by atoms with E-state index < -0.39 is 0 Å². The zero-order valence-electron chi connectivity index (χ0n) is 8.22. The lowest BCUT2D eigenvalue weighted by Gasteiger charge is -2.21. The summed E-state index contributed by atoms with van der Waals surface area (Å²) in [6.07, 6.45) is 0. The van der Waals surface area contributed by atoms with Gasteiger partial charge in [-0.25, -0.2) is 0 Å². The molecule has 1 aromatic carbocycles. The number of rotatable bonds is 3. The van der Waals surface area contributed by atoms with Crippen molar-refractivity contribution in [2.75, 3.05) is 0 Å². The van der Waals surface area contributed by atoms with Gasteiger partial charge in [0.2, 0.25) is 0 Å². The molecule has 0 bridgehead atoms. The van der Waals surface area contributed by atoms with Crippen LogP contribution < -0.4 is 11.3 Å². The van der Waals surface area contributed by atoms with Crippen LogP contribution in [0.2, 0.25) is 0 Å². The number of nitrogens with two attached hydrogens (primary N) is 1. The topological polar surface area (TPSA) is 38.0 Å². The standard InChI is InChI=1S/C10H14Br2N2/c1-6(2)10(14-13)8-4-3-7(11)5-9(8)12/h3-6,10,14H,13H2,1-2H3. The van der Waals surface area contributed by atoms with E-state index in [-0.39, 0.29) is 6.04 Å². The van der Waals surface area contributed by atoms with Crippen LogP contribution in [0.25, 0.3) is 0 Å². The average molecular weight is 322 g/mol. The molecule has 1 unspecified atom stereocenters. The van der Waals surface area contributed by atoms with Gasteiger partial charge in [-0.3, -0.25) is 11.3 Å². The van der Waals surface area contributed by atoms with E-state index in [1.165, 1.54) is 5.56 Å². The second-order valence-corrected chi connectivity index (χ2v) is 5.32. The predicted molar refractivity (Wildman–Crippen MR) is 66.7 cm³/mol. The molecule has 1 atom stereocenters. The number of hydrazine groups is 1. The number of nitrogens with one attached hydrogen (secondary N) is 1. The van der Waals surface area contributed by atoms with Crippen molar-refractivity contribution in [1.82, 2.24) is 5.43 Å². The van der Waals surface area contributed by atoms with E-state index in [2.05, 4.69) is 57.2 Å². The molecule has 0 radical (unpaired) electrons. The lowest BCUT2D eigenvalue weighted by molar-refractivity contribution is 0.420. The second-order valence-electron chi connectivity index (χ2n) is 3.55. The summed E-state index contributed by atoms with van der Waals surface area (Å²) in [6.45, 7) is 4.28. The van der Waals surface area contributed by atoms with Crippen LogP contribution in [0.15, 0.2) is 27.1 Å². The molecule has 0 spiro atoms. The largest absolute Gasteiger partial charge is 0.271 e. The molecule has 3 N–H and O–H groups in total. The first-order valence-corrected chi connectivity index (χ1v) is 6.06. The highest BCUT2D eigenvalue weighted by Gasteiger charge is 2.16. The lowest BCUT2D eigenvalue weighted by Crippen LogP contribution is -2.31. The van der Waals surface area contributed by atoms with Crippen LogP contribution in [-0.4, -0.2) is 0 Å². The highest BCUT2D eigenvalue weighted by Crippen LogP contribution is 2.30.